The number of aliphatic imine (C=N–C) groups is 1. The van der Waals surface area contributed by atoms with Crippen molar-refractivity contribution in [1.29, 1.82) is 5.26 Å². The molecule has 1 saturated heterocycles. The van der Waals surface area contributed by atoms with Gasteiger partial charge in [0, 0.05) is 33.2 Å². The summed E-state index contributed by atoms with van der Waals surface area (Å²) in [6.07, 6.45) is 7.19. The number of likely N-dealkylation sites (tertiary alicyclic amines) is 1. The van der Waals surface area contributed by atoms with Crippen LogP contribution in [-0.2, 0) is 6.54 Å². The van der Waals surface area contributed by atoms with Crippen molar-refractivity contribution >= 4 is 35.2 Å². The smallest absolute Gasteiger partial charge is 0.266 e. The third-order valence-corrected chi connectivity index (χ3v) is 6.70. The Hall–Kier alpha value is -3.18. The Morgan fingerprint density at radius 2 is 2.03 bits per heavy atom. The van der Waals surface area contributed by atoms with E-state index in [1.165, 1.54) is 17.8 Å². The monoisotopic (exact) mass is 465 g/mol. The van der Waals surface area contributed by atoms with Gasteiger partial charge in [-0.25, -0.2) is 4.99 Å². The van der Waals surface area contributed by atoms with Gasteiger partial charge in [0.15, 0.2) is 0 Å². The molecule has 33 heavy (non-hydrogen) atoms. The molecule has 0 bridgehead atoms. The van der Waals surface area contributed by atoms with Crippen LogP contribution < -0.4 is 5.32 Å². The lowest BCUT2D eigenvalue weighted by atomic mass is 10.1. The number of nitrogens with one attached hydrogen (secondary N) is 1. The normalized spacial score (nSPS) is 13.7. The third-order valence-electron chi connectivity index (χ3n) is 5.59. The summed E-state index contributed by atoms with van der Waals surface area (Å²) >= 11 is 1.17. The Kier molecular flexibility index (Phi) is 9.02. The fourth-order valence-electron chi connectivity index (χ4n) is 3.65. The molecule has 1 aromatic carbocycles. The molecule has 1 N–H and O–H groups in total. The number of rotatable bonds is 9. The molecular formula is C25H31N5O2S. The summed E-state index contributed by atoms with van der Waals surface area (Å²) in [6, 6.07) is 11.1. The maximum atomic E-state index is 13.4. The van der Waals surface area contributed by atoms with Gasteiger partial charge in [0.1, 0.15) is 4.88 Å². The van der Waals surface area contributed by atoms with E-state index in [2.05, 4.69) is 28.2 Å². The summed E-state index contributed by atoms with van der Waals surface area (Å²) in [5, 5.41) is 12.3. The van der Waals surface area contributed by atoms with Gasteiger partial charge < -0.3 is 15.1 Å². The van der Waals surface area contributed by atoms with E-state index >= 15 is 0 Å². The molecule has 0 spiro atoms. The van der Waals surface area contributed by atoms with Crippen LogP contribution >= 0.6 is 11.3 Å². The summed E-state index contributed by atoms with van der Waals surface area (Å²) in [6.45, 7) is 4.88. The van der Waals surface area contributed by atoms with Gasteiger partial charge in [-0.1, -0.05) is 31.5 Å². The van der Waals surface area contributed by atoms with Crippen molar-refractivity contribution in [3.63, 3.8) is 0 Å². The zero-order valence-corrected chi connectivity index (χ0v) is 20.2. The van der Waals surface area contributed by atoms with Gasteiger partial charge in [0.25, 0.3) is 11.8 Å². The highest BCUT2D eigenvalue weighted by Gasteiger charge is 2.23. The summed E-state index contributed by atoms with van der Waals surface area (Å²) in [4.78, 5) is 35.2. The molecule has 2 amide bonds. The highest BCUT2D eigenvalue weighted by Crippen LogP contribution is 2.31. The van der Waals surface area contributed by atoms with Crippen LogP contribution in [0, 0.1) is 11.3 Å². The van der Waals surface area contributed by atoms with E-state index in [1.807, 2.05) is 12.1 Å². The van der Waals surface area contributed by atoms with Gasteiger partial charge in [-0.05, 0) is 43.4 Å². The van der Waals surface area contributed by atoms with E-state index < -0.39 is 0 Å². The predicted molar refractivity (Wildman–Crippen MR) is 132 cm³/mol. The number of hydrogen-bond donors (Lipinski definition) is 1. The molecule has 8 heteroatoms. The summed E-state index contributed by atoms with van der Waals surface area (Å²) in [5.74, 6) is -0.398. The first kappa shape index (κ1) is 24.5. The number of thiophene rings is 1. The molecule has 0 aliphatic carbocycles. The molecule has 0 atom stereocenters. The van der Waals surface area contributed by atoms with Crippen molar-refractivity contribution in [3.8, 4) is 6.07 Å². The van der Waals surface area contributed by atoms with E-state index in [1.54, 1.807) is 36.5 Å². The van der Waals surface area contributed by atoms with Crippen LogP contribution in [0.4, 0.5) is 5.69 Å². The van der Waals surface area contributed by atoms with Gasteiger partial charge in [0.2, 0.25) is 0 Å². The molecule has 174 valence electrons. The standard InChI is InChI=1S/C25H31N5O2S/c1-3-4-12-27-24(31)22-15-21(28-18-30-13-8-5-9-14-30)23(33-22)25(32)29(2)17-20-11-7-6-10-19(20)16-26/h6-7,10-11,15,18H,3-5,8-9,12-14,17H2,1-2H3,(H,27,31). The van der Waals surface area contributed by atoms with E-state index in [0.29, 0.717) is 34.1 Å². The van der Waals surface area contributed by atoms with Crippen LogP contribution in [0.2, 0.25) is 0 Å². The Bertz CT molecular complexity index is 1030. The summed E-state index contributed by atoms with van der Waals surface area (Å²) in [7, 11) is 1.70. The molecule has 2 aromatic rings. The van der Waals surface area contributed by atoms with Crippen LogP contribution in [0.5, 0.6) is 0 Å². The number of hydrogen-bond acceptors (Lipinski definition) is 5. The highest BCUT2D eigenvalue weighted by molar-refractivity contribution is 7.16. The number of nitrogens with zero attached hydrogens (tertiary/aromatic N) is 4. The fraction of sp³-hybridized carbons (Fsp3) is 0.440. The number of nitriles is 1. The molecule has 7 nitrogen and oxygen atoms in total. The SMILES string of the molecule is CCCCNC(=O)c1cc(N=CN2CCCCC2)c(C(=O)N(C)Cc2ccccc2C#N)s1. The van der Waals surface area contributed by atoms with Gasteiger partial charge in [-0.15, -0.1) is 11.3 Å². The van der Waals surface area contributed by atoms with Crippen LogP contribution in [-0.4, -0.2) is 54.6 Å². The van der Waals surface area contributed by atoms with Crippen LogP contribution in [0.15, 0.2) is 35.3 Å². The fourth-order valence-corrected chi connectivity index (χ4v) is 4.67. The lowest BCUT2D eigenvalue weighted by Crippen LogP contribution is -2.28. The summed E-state index contributed by atoms with van der Waals surface area (Å²) < 4.78 is 0. The number of carbonyl (C=O) groups is 2. The highest BCUT2D eigenvalue weighted by atomic mass is 32.1. The average molecular weight is 466 g/mol. The van der Waals surface area contributed by atoms with Crippen molar-refractivity contribution in [2.24, 2.45) is 4.99 Å². The molecule has 0 unspecified atom stereocenters. The van der Waals surface area contributed by atoms with Gasteiger partial charge in [0.05, 0.1) is 28.5 Å². The number of amides is 2. The van der Waals surface area contributed by atoms with E-state index in [9.17, 15) is 14.9 Å². The minimum absolute atomic E-state index is 0.181. The van der Waals surface area contributed by atoms with Gasteiger partial charge >= 0.3 is 0 Å². The Morgan fingerprint density at radius 3 is 2.76 bits per heavy atom. The molecule has 1 fully saturated rings. The maximum absolute atomic E-state index is 13.4. The molecular weight excluding hydrogens is 434 g/mol. The van der Waals surface area contributed by atoms with Crippen LogP contribution in [0.25, 0.3) is 0 Å². The molecule has 0 radical (unpaired) electrons. The number of benzene rings is 1. The Morgan fingerprint density at radius 1 is 1.27 bits per heavy atom. The Labute approximate surface area is 199 Å². The van der Waals surface area contributed by atoms with E-state index in [4.69, 9.17) is 0 Å². The second-order valence-corrected chi connectivity index (χ2v) is 9.26. The zero-order chi connectivity index (χ0) is 23.6. The minimum atomic E-state index is -0.217. The van der Waals surface area contributed by atoms with E-state index in [-0.39, 0.29) is 11.8 Å². The number of carbonyl (C=O) groups excluding carboxylic acids is 2. The van der Waals surface area contributed by atoms with Crippen molar-refractivity contribution in [3.05, 3.63) is 51.2 Å². The second-order valence-electron chi connectivity index (χ2n) is 8.21. The van der Waals surface area contributed by atoms with Crippen molar-refractivity contribution in [2.75, 3.05) is 26.7 Å². The third kappa shape index (κ3) is 6.65. The second kappa shape index (κ2) is 12.2. The van der Waals surface area contributed by atoms with Crippen LogP contribution in [0.1, 0.15) is 69.5 Å². The summed E-state index contributed by atoms with van der Waals surface area (Å²) in [5.41, 5.74) is 1.84. The zero-order valence-electron chi connectivity index (χ0n) is 19.3. The first-order chi connectivity index (χ1) is 16.0. The lowest BCUT2D eigenvalue weighted by Gasteiger charge is -2.23. The molecule has 0 saturated carbocycles. The van der Waals surface area contributed by atoms with Crippen molar-refractivity contribution < 1.29 is 9.59 Å². The minimum Gasteiger partial charge on any atom is -0.363 e. The van der Waals surface area contributed by atoms with E-state index in [0.717, 1.165) is 44.3 Å². The first-order valence-corrected chi connectivity index (χ1v) is 12.3. The quantitative estimate of drug-likeness (QED) is 0.334. The average Bonchev–Trinajstić information content (AvgIpc) is 3.27. The first-order valence-electron chi connectivity index (χ1n) is 11.5. The van der Waals surface area contributed by atoms with Crippen molar-refractivity contribution in [2.45, 2.75) is 45.6 Å². The topological polar surface area (TPSA) is 88.8 Å². The van der Waals surface area contributed by atoms with Crippen molar-refractivity contribution in [1.82, 2.24) is 15.1 Å². The van der Waals surface area contributed by atoms with Gasteiger partial charge in [-0.2, -0.15) is 5.26 Å². The Balaban J connectivity index is 1.83. The molecule has 3 rings (SSSR count). The lowest BCUT2D eigenvalue weighted by molar-refractivity contribution is 0.0790. The number of unbranched alkanes of at least 4 members (excludes halogenated alkanes) is 1. The van der Waals surface area contributed by atoms with Crippen LogP contribution in [0.3, 0.4) is 0 Å². The number of piperidine rings is 1. The molecule has 2 heterocycles. The molecule has 1 aromatic heterocycles. The predicted octanol–water partition coefficient (Wildman–Crippen LogP) is 4.57. The van der Waals surface area contributed by atoms with Gasteiger partial charge in [-0.3, -0.25) is 9.59 Å². The largest absolute Gasteiger partial charge is 0.363 e. The molecule has 1 aliphatic heterocycles. The maximum Gasteiger partial charge on any atom is 0.266 e. The molecule has 1 aliphatic rings.